The van der Waals surface area contributed by atoms with Gasteiger partial charge in [0.05, 0.1) is 17.5 Å². The predicted octanol–water partition coefficient (Wildman–Crippen LogP) is 1.29. The summed E-state index contributed by atoms with van der Waals surface area (Å²) in [5, 5.41) is 0.760. The Balaban J connectivity index is 2.09. The van der Waals surface area contributed by atoms with Crippen molar-refractivity contribution < 1.29 is 13.2 Å². The van der Waals surface area contributed by atoms with E-state index in [1.54, 1.807) is 0 Å². The van der Waals surface area contributed by atoms with E-state index in [4.69, 9.17) is 0 Å². The molecular weight excluding hydrogens is 284 g/mol. The number of hydrogen-bond donors (Lipinski definition) is 0. The summed E-state index contributed by atoms with van der Waals surface area (Å²) >= 11 is 1.45. The fourth-order valence-electron chi connectivity index (χ4n) is 2.50. The highest BCUT2D eigenvalue weighted by molar-refractivity contribution is 8.15. The largest absolute Gasteiger partial charge is 0.346 e. The van der Waals surface area contributed by atoms with Crippen LogP contribution in [0.2, 0.25) is 0 Å². The highest BCUT2D eigenvalue weighted by Gasteiger charge is 2.48. The summed E-state index contributed by atoms with van der Waals surface area (Å²) in [5.41, 5.74) is 0. The van der Waals surface area contributed by atoms with Gasteiger partial charge in [-0.1, -0.05) is 25.1 Å². The molecule has 1 amide bonds. The number of amidine groups is 1. The molecule has 2 saturated heterocycles. The molecule has 0 aromatic rings. The van der Waals surface area contributed by atoms with Gasteiger partial charge in [-0.25, -0.2) is 8.42 Å². The van der Waals surface area contributed by atoms with E-state index in [1.807, 2.05) is 18.7 Å². The van der Waals surface area contributed by atoms with Crippen molar-refractivity contribution in [2.24, 2.45) is 4.99 Å². The number of rotatable bonds is 4. The number of nitrogens with zero attached hydrogens (tertiary/aromatic N) is 2. The van der Waals surface area contributed by atoms with Crippen LogP contribution in [0.1, 0.15) is 33.1 Å². The molecule has 0 N–H and O–H groups in total. The van der Waals surface area contributed by atoms with Crippen molar-refractivity contribution in [3.05, 3.63) is 0 Å². The number of thioether (sulfide) groups is 1. The second-order valence-corrected chi connectivity index (χ2v) is 8.34. The Hall–Kier alpha value is -0.560. The number of fused-ring (bicyclic) bond motifs is 1. The van der Waals surface area contributed by atoms with Crippen LogP contribution >= 0.6 is 11.8 Å². The Morgan fingerprint density at radius 3 is 2.79 bits per heavy atom. The van der Waals surface area contributed by atoms with Gasteiger partial charge in [-0.3, -0.25) is 4.79 Å². The van der Waals surface area contributed by atoms with E-state index in [1.165, 1.54) is 11.8 Å². The Labute approximate surface area is 118 Å². The van der Waals surface area contributed by atoms with Gasteiger partial charge in [0, 0.05) is 18.2 Å². The molecule has 2 atom stereocenters. The summed E-state index contributed by atoms with van der Waals surface area (Å²) in [6.45, 7) is 4.71. The van der Waals surface area contributed by atoms with Crippen molar-refractivity contribution in [1.29, 1.82) is 0 Å². The maximum absolute atomic E-state index is 11.7. The fourth-order valence-corrected chi connectivity index (χ4v) is 6.53. The summed E-state index contributed by atoms with van der Waals surface area (Å²) in [7, 11) is -2.92. The number of amides is 1. The molecule has 2 heterocycles. The second-order valence-electron chi connectivity index (χ2n) is 4.98. The Kier molecular flexibility index (Phi) is 4.55. The first-order chi connectivity index (χ1) is 8.96. The van der Waals surface area contributed by atoms with Crippen molar-refractivity contribution in [1.82, 2.24) is 4.90 Å². The number of sulfone groups is 1. The Morgan fingerprint density at radius 1 is 1.42 bits per heavy atom. The van der Waals surface area contributed by atoms with Crippen molar-refractivity contribution in [3.8, 4) is 0 Å². The smallest absolute Gasteiger partial charge is 0.248 e. The summed E-state index contributed by atoms with van der Waals surface area (Å²) in [6.07, 6.45) is 2.31. The van der Waals surface area contributed by atoms with Crippen LogP contribution < -0.4 is 0 Å². The van der Waals surface area contributed by atoms with E-state index in [9.17, 15) is 13.2 Å². The summed E-state index contributed by atoms with van der Waals surface area (Å²) in [4.78, 5) is 17.9. The molecule has 2 unspecified atom stereocenters. The average Bonchev–Trinajstić information content (AvgIpc) is 2.77. The van der Waals surface area contributed by atoms with Crippen LogP contribution in [0.15, 0.2) is 4.99 Å². The van der Waals surface area contributed by atoms with Crippen molar-refractivity contribution >= 4 is 32.7 Å². The highest BCUT2D eigenvalue weighted by Crippen LogP contribution is 2.37. The van der Waals surface area contributed by atoms with Crippen LogP contribution in [0.3, 0.4) is 0 Å². The summed E-state index contributed by atoms with van der Waals surface area (Å²) < 4.78 is 23.3. The van der Waals surface area contributed by atoms with E-state index in [0.717, 1.165) is 12.8 Å². The molecule has 7 heteroatoms. The molecule has 108 valence electrons. The molecule has 19 heavy (non-hydrogen) atoms. The topological polar surface area (TPSA) is 66.8 Å². The molecule has 2 fully saturated rings. The molecule has 0 saturated carbocycles. The zero-order valence-electron chi connectivity index (χ0n) is 11.3. The molecule has 2 rings (SSSR count). The first-order valence-electron chi connectivity index (χ1n) is 6.72. The minimum absolute atomic E-state index is 0.00211. The zero-order valence-corrected chi connectivity index (χ0v) is 13.0. The van der Waals surface area contributed by atoms with Crippen LogP contribution in [0.25, 0.3) is 0 Å². The summed E-state index contributed by atoms with van der Waals surface area (Å²) in [5.74, 6) is 0.312. The maximum Gasteiger partial charge on any atom is 0.248 e. The minimum atomic E-state index is -2.92. The fraction of sp³-hybridized carbons (Fsp3) is 0.833. The van der Waals surface area contributed by atoms with Gasteiger partial charge in [0.25, 0.3) is 0 Å². The molecule has 0 spiro atoms. The molecule has 5 nitrogen and oxygen atoms in total. The lowest BCUT2D eigenvalue weighted by Gasteiger charge is -2.22. The van der Waals surface area contributed by atoms with Gasteiger partial charge in [-0.2, -0.15) is 4.99 Å². The van der Waals surface area contributed by atoms with Gasteiger partial charge >= 0.3 is 0 Å². The van der Waals surface area contributed by atoms with Gasteiger partial charge < -0.3 is 4.90 Å². The number of carbonyl (C=O) groups is 1. The van der Waals surface area contributed by atoms with Crippen molar-refractivity contribution in [2.75, 3.05) is 18.1 Å². The summed E-state index contributed by atoms with van der Waals surface area (Å²) in [6, 6.07) is -0.00211. The van der Waals surface area contributed by atoms with Gasteiger partial charge in [-0.05, 0) is 13.3 Å². The van der Waals surface area contributed by atoms with E-state index >= 15 is 0 Å². The number of hydrogen-bond acceptors (Lipinski definition) is 4. The standard InChI is InChI=1S/C12H20N2O3S2/c1-3-5-6-11(15)13-12-14(4-2)9-7-19(16,17)8-10(9)18-12/h9-10H,3-8H2,1-2H3. The average molecular weight is 304 g/mol. The van der Waals surface area contributed by atoms with Crippen LogP contribution in [-0.2, 0) is 14.6 Å². The third-order valence-corrected chi connectivity index (χ3v) is 6.73. The van der Waals surface area contributed by atoms with E-state index in [-0.39, 0.29) is 28.7 Å². The zero-order chi connectivity index (χ0) is 14.0. The minimum Gasteiger partial charge on any atom is -0.346 e. The SMILES string of the molecule is CCCCC(=O)N=C1SC2CS(=O)(=O)CC2N1CC. The van der Waals surface area contributed by atoms with E-state index in [0.29, 0.717) is 18.1 Å². The van der Waals surface area contributed by atoms with Crippen LogP contribution in [0.5, 0.6) is 0 Å². The molecular formula is C12H20N2O3S2. The van der Waals surface area contributed by atoms with Crippen LogP contribution in [0, 0.1) is 0 Å². The molecule has 0 radical (unpaired) electrons. The highest BCUT2D eigenvalue weighted by atomic mass is 32.2. The van der Waals surface area contributed by atoms with Gasteiger partial charge in [0.15, 0.2) is 15.0 Å². The second kappa shape index (κ2) is 5.83. The van der Waals surface area contributed by atoms with Gasteiger partial charge in [0.1, 0.15) is 0 Å². The lowest BCUT2D eigenvalue weighted by molar-refractivity contribution is -0.117. The van der Waals surface area contributed by atoms with Crippen molar-refractivity contribution in [2.45, 2.75) is 44.4 Å². The van der Waals surface area contributed by atoms with Gasteiger partial charge in [-0.15, -0.1) is 0 Å². The lowest BCUT2D eigenvalue weighted by atomic mass is 10.2. The third kappa shape index (κ3) is 3.31. The predicted molar refractivity (Wildman–Crippen MR) is 78.2 cm³/mol. The van der Waals surface area contributed by atoms with Crippen LogP contribution in [-0.4, -0.2) is 53.7 Å². The molecule has 0 aromatic carbocycles. The molecule has 2 aliphatic heterocycles. The maximum atomic E-state index is 11.7. The molecule has 0 aromatic heterocycles. The molecule has 0 bridgehead atoms. The quantitative estimate of drug-likeness (QED) is 0.783. The van der Waals surface area contributed by atoms with Crippen LogP contribution in [0.4, 0.5) is 0 Å². The van der Waals surface area contributed by atoms with Crippen molar-refractivity contribution in [3.63, 3.8) is 0 Å². The molecule has 2 aliphatic rings. The van der Waals surface area contributed by atoms with E-state index < -0.39 is 9.84 Å². The number of carbonyl (C=O) groups excluding carboxylic acids is 1. The first-order valence-corrected chi connectivity index (χ1v) is 9.42. The Morgan fingerprint density at radius 2 is 2.16 bits per heavy atom. The molecule has 0 aliphatic carbocycles. The normalized spacial score (nSPS) is 30.8. The first kappa shape index (κ1) is 14.8. The van der Waals surface area contributed by atoms with Gasteiger partial charge in [0.2, 0.25) is 5.91 Å². The monoisotopic (exact) mass is 304 g/mol. The Bertz CT molecular complexity index is 487. The van der Waals surface area contributed by atoms with E-state index in [2.05, 4.69) is 4.99 Å². The third-order valence-electron chi connectivity index (χ3n) is 3.48. The number of aliphatic imine (C=N–C) groups is 1. The lowest BCUT2D eigenvalue weighted by Crippen LogP contribution is -2.37. The number of unbranched alkanes of at least 4 members (excludes halogenated alkanes) is 1.